The van der Waals surface area contributed by atoms with Crippen LogP contribution in [0, 0.1) is 0 Å². The SMILES string of the molecule is C=C[Si]1(C[SiH]2CCCCO2)CCCCO1. The lowest BCUT2D eigenvalue weighted by atomic mass is 10.4. The van der Waals surface area contributed by atoms with Crippen molar-refractivity contribution in [3.63, 3.8) is 0 Å². The Morgan fingerprint density at radius 1 is 1.20 bits per heavy atom. The highest BCUT2D eigenvalue weighted by Gasteiger charge is 2.37. The van der Waals surface area contributed by atoms with Gasteiger partial charge in [0.25, 0.3) is 0 Å². The van der Waals surface area contributed by atoms with Crippen LogP contribution in [0.5, 0.6) is 0 Å². The van der Waals surface area contributed by atoms with Gasteiger partial charge in [-0.2, -0.15) is 0 Å². The van der Waals surface area contributed by atoms with Gasteiger partial charge in [-0.15, -0.1) is 6.58 Å². The monoisotopic (exact) mass is 242 g/mol. The van der Waals surface area contributed by atoms with Gasteiger partial charge in [-0.1, -0.05) is 18.5 Å². The molecule has 0 N–H and O–H groups in total. The standard InChI is InChI=1S/C11H22O2Si2/c1-2-15(10-6-4-8-13-15)11-14-9-5-3-7-12-14/h2,14H,1,3-11H2. The van der Waals surface area contributed by atoms with E-state index < -0.39 is 17.4 Å². The average molecular weight is 242 g/mol. The van der Waals surface area contributed by atoms with E-state index in [0.29, 0.717) is 0 Å². The summed E-state index contributed by atoms with van der Waals surface area (Å²) < 4.78 is 12.0. The van der Waals surface area contributed by atoms with Gasteiger partial charge in [-0.3, -0.25) is 0 Å². The predicted octanol–water partition coefficient (Wildman–Crippen LogP) is 2.54. The minimum absolute atomic E-state index is 0.919. The van der Waals surface area contributed by atoms with Crippen molar-refractivity contribution in [2.24, 2.45) is 0 Å². The van der Waals surface area contributed by atoms with Gasteiger partial charge >= 0.3 is 0 Å². The first-order valence-electron chi connectivity index (χ1n) is 6.24. The zero-order chi connectivity index (χ0) is 10.6. The maximum absolute atomic E-state index is 6.09. The fraction of sp³-hybridized carbons (Fsp3) is 0.818. The summed E-state index contributed by atoms with van der Waals surface area (Å²) in [5.74, 6) is 0. The molecule has 0 aromatic rings. The molecular weight excluding hydrogens is 220 g/mol. The molecular formula is C11H22O2Si2. The third kappa shape index (κ3) is 3.03. The highest BCUT2D eigenvalue weighted by Crippen LogP contribution is 2.30. The van der Waals surface area contributed by atoms with E-state index in [0.717, 1.165) is 13.2 Å². The molecule has 0 amide bonds. The van der Waals surface area contributed by atoms with E-state index in [-0.39, 0.29) is 0 Å². The van der Waals surface area contributed by atoms with Crippen LogP contribution >= 0.6 is 0 Å². The quantitative estimate of drug-likeness (QED) is 0.708. The zero-order valence-electron chi connectivity index (χ0n) is 9.54. The van der Waals surface area contributed by atoms with E-state index in [1.165, 1.54) is 43.4 Å². The van der Waals surface area contributed by atoms with Gasteiger partial charge in [-0.25, -0.2) is 0 Å². The molecule has 86 valence electrons. The summed E-state index contributed by atoms with van der Waals surface area (Å²) in [6.07, 6.45) is 5.25. The minimum Gasteiger partial charge on any atom is -0.420 e. The van der Waals surface area contributed by atoms with Gasteiger partial charge in [0, 0.05) is 13.2 Å². The molecule has 2 aliphatic heterocycles. The molecule has 0 radical (unpaired) electrons. The third-order valence-corrected chi connectivity index (χ3v) is 12.7. The highest BCUT2D eigenvalue weighted by atomic mass is 28.4. The molecule has 2 fully saturated rings. The van der Waals surface area contributed by atoms with Crippen LogP contribution < -0.4 is 0 Å². The van der Waals surface area contributed by atoms with Gasteiger partial charge < -0.3 is 8.85 Å². The lowest BCUT2D eigenvalue weighted by molar-refractivity contribution is 0.267. The molecule has 0 bridgehead atoms. The van der Waals surface area contributed by atoms with E-state index in [1.54, 1.807) is 0 Å². The van der Waals surface area contributed by atoms with Crippen LogP contribution in [0.4, 0.5) is 0 Å². The van der Waals surface area contributed by atoms with E-state index in [1.807, 2.05) is 0 Å². The summed E-state index contributed by atoms with van der Waals surface area (Å²) in [5.41, 5.74) is 3.47. The molecule has 2 atom stereocenters. The number of hydrogen-bond acceptors (Lipinski definition) is 2. The van der Waals surface area contributed by atoms with Crippen molar-refractivity contribution in [3.05, 3.63) is 12.3 Å². The first kappa shape index (κ1) is 11.6. The van der Waals surface area contributed by atoms with E-state index in [9.17, 15) is 0 Å². The van der Waals surface area contributed by atoms with E-state index >= 15 is 0 Å². The van der Waals surface area contributed by atoms with Gasteiger partial charge in [-0.05, 0) is 30.6 Å². The first-order chi connectivity index (χ1) is 7.35. The maximum Gasteiger partial charge on any atom is 0.215 e. The van der Waals surface area contributed by atoms with Crippen molar-refractivity contribution in [1.29, 1.82) is 0 Å². The molecule has 4 heteroatoms. The molecule has 2 aliphatic rings. The molecule has 0 aliphatic carbocycles. The second-order valence-electron chi connectivity index (χ2n) is 4.77. The lowest BCUT2D eigenvalue weighted by Gasteiger charge is -2.35. The molecule has 0 saturated carbocycles. The Labute approximate surface area is 95.5 Å². The van der Waals surface area contributed by atoms with Crippen molar-refractivity contribution in [2.45, 2.75) is 43.4 Å². The van der Waals surface area contributed by atoms with Crippen LogP contribution in [0.25, 0.3) is 0 Å². The summed E-state index contributed by atoms with van der Waals surface area (Å²) in [5, 5.41) is 0. The number of hydrogen-bond donors (Lipinski definition) is 0. The zero-order valence-corrected chi connectivity index (χ0v) is 11.7. The van der Waals surface area contributed by atoms with Crippen LogP contribution in [0.15, 0.2) is 12.3 Å². The molecule has 0 spiro atoms. The summed E-state index contributed by atoms with van der Waals surface area (Å²) in [4.78, 5) is 0. The Bertz CT molecular complexity index is 209. The molecule has 0 aromatic carbocycles. The molecule has 2 unspecified atom stereocenters. The Hall–Kier alpha value is 0.0938. The Morgan fingerprint density at radius 3 is 2.67 bits per heavy atom. The van der Waals surface area contributed by atoms with Crippen molar-refractivity contribution >= 4 is 17.4 Å². The number of rotatable bonds is 3. The van der Waals surface area contributed by atoms with Crippen LogP contribution in [0.1, 0.15) is 25.7 Å². The van der Waals surface area contributed by atoms with Crippen molar-refractivity contribution in [3.8, 4) is 0 Å². The molecule has 2 nitrogen and oxygen atoms in total. The highest BCUT2D eigenvalue weighted by molar-refractivity contribution is 6.87. The Kier molecular flexibility index (Phi) is 4.19. The summed E-state index contributed by atoms with van der Waals surface area (Å²) in [6, 6.07) is 2.66. The summed E-state index contributed by atoms with van der Waals surface area (Å²) in [6.45, 7) is 6.01. The molecule has 2 saturated heterocycles. The Balaban J connectivity index is 1.90. The maximum atomic E-state index is 6.09. The fourth-order valence-electron chi connectivity index (χ4n) is 2.63. The van der Waals surface area contributed by atoms with Crippen LogP contribution in [-0.4, -0.2) is 30.6 Å². The minimum atomic E-state index is -1.54. The van der Waals surface area contributed by atoms with Gasteiger partial charge in [0.2, 0.25) is 8.32 Å². The van der Waals surface area contributed by atoms with Crippen molar-refractivity contribution in [2.75, 3.05) is 13.2 Å². The van der Waals surface area contributed by atoms with Crippen molar-refractivity contribution in [1.82, 2.24) is 0 Å². The third-order valence-electron chi connectivity index (χ3n) is 3.60. The van der Waals surface area contributed by atoms with Crippen LogP contribution in [0.3, 0.4) is 0 Å². The van der Waals surface area contributed by atoms with E-state index in [2.05, 4.69) is 12.3 Å². The Morgan fingerprint density at radius 2 is 2.07 bits per heavy atom. The first-order valence-corrected chi connectivity index (χ1v) is 10.7. The van der Waals surface area contributed by atoms with Crippen LogP contribution in [-0.2, 0) is 8.85 Å². The second-order valence-corrected chi connectivity index (χ2v) is 11.9. The smallest absolute Gasteiger partial charge is 0.215 e. The van der Waals surface area contributed by atoms with Gasteiger partial charge in [0.1, 0.15) is 0 Å². The lowest BCUT2D eigenvalue weighted by Crippen LogP contribution is -2.45. The largest absolute Gasteiger partial charge is 0.420 e. The molecule has 0 aromatic heterocycles. The predicted molar refractivity (Wildman–Crippen MR) is 67.9 cm³/mol. The van der Waals surface area contributed by atoms with E-state index in [4.69, 9.17) is 8.85 Å². The average Bonchev–Trinajstić information content (AvgIpc) is 2.32. The fourth-order valence-corrected chi connectivity index (χ4v) is 12.2. The van der Waals surface area contributed by atoms with Gasteiger partial charge in [0.05, 0.1) is 0 Å². The molecule has 2 heterocycles. The second kappa shape index (κ2) is 5.43. The summed E-state index contributed by atoms with van der Waals surface area (Å²) >= 11 is 0. The topological polar surface area (TPSA) is 18.5 Å². The normalized spacial score (nSPS) is 37.5. The molecule has 15 heavy (non-hydrogen) atoms. The van der Waals surface area contributed by atoms with Gasteiger partial charge in [0.15, 0.2) is 9.04 Å². The summed E-state index contributed by atoms with van der Waals surface area (Å²) in [7, 11) is -2.46. The molecule has 2 rings (SSSR count). The van der Waals surface area contributed by atoms with Crippen molar-refractivity contribution < 1.29 is 8.85 Å². The van der Waals surface area contributed by atoms with Crippen LogP contribution in [0.2, 0.25) is 17.8 Å².